The lowest BCUT2D eigenvalue weighted by molar-refractivity contribution is 0.102. The summed E-state index contributed by atoms with van der Waals surface area (Å²) in [5.41, 5.74) is 0.0351. The van der Waals surface area contributed by atoms with Crippen LogP contribution in [0.4, 0.5) is 9.52 Å². The summed E-state index contributed by atoms with van der Waals surface area (Å²) in [6, 6.07) is 3.09. The number of hydrogen-bond acceptors (Lipinski definition) is 6. The third kappa shape index (κ3) is 4.63. The summed E-state index contributed by atoms with van der Waals surface area (Å²) in [6.45, 7) is 2.07. The van der Waals surface area contributed by atoms with Crippen LogP contribution in [0.15, 0.2) is 23.1 Å². The molecule has 1 aromatic heterocycles. The molecule has 140 valence electrons. The minimum Gasteiger partial charge on any atom is -0.296 e. The zero-order valence-electron chi connectivity index (χ0n) is 14.2. The first kappa shape index (κ1) is 18.9. The fraction of sp³-hybridized carbons (Fsp3) is 0.438. The minimum absolute atomic E-state index is 0.0351. The Morgan fingerprint density at radius 3 is 2.81 bits per heavy atom. The molecule has 2 N–H and O–H groups in total. The number of nitrogens with one attached hydrogen (secondary N) is 2. The summed E-state index contributed by atoms with van der Waals surface area (Å²) in [4.78, 5) is 11.8. The van der Waals surface area contributed by atoms with Gasteiger partial charge in [-0.25, -0.2) is 17.5 Å². The Morgan fingerprint density at radius 1 is 1.35 bits per heavy atom. The van der Waals surface area contributed by atoms with Gasteiger partial charge in [0.15, 0.2) is 0 Å². The van der Waals surface area contributed by atoms with Crippen molar-refractivity contribution in [1.82, 2.24) is 14.9 Å². The van der Waals surface area contributed by atoms with Crippen molar-refractivity contribution in [1.29, 1.82) is 0 Å². The van der Waals surface area contributed by atoms with Crippen LogP contribution in [-0.4, -0.2) is 30.6 Å². The number of carbonyl (C=O) groups excluding carboxylic acids is 1. The molecule has 10 heteroatoms. The van der Waals surface area contributed by atoms with Crippen molar-refractivity contribution in [2.75, 3.05) is 5.32 Å². The zero-order valence-corrected chi connectivity index (χ0v) is 15.8. The number of carbonyl (C=O) groups is 1. The van der Waals surface area contributed by atoms with E-state index in [0.29, 0.717) is 5.13 Å². The van der Waals surface area contributed by atoms with E-state index >= 15 is 0 Å². The fourth-order valence-electron chi connectivity index (χ4n) is 2.24. The zero-order chi connectivity index (χ0) is 18.7. The highest BCUT2D eigenvalue weighted by atomic mass is 32.2. The number of anilines is 1. The van der Waals surface area contributed by atoms with Crippen LogP contribution in [0.3, 0.4) is 0 Å². The number of nitrogens with zero attached hydrogens (tertiary/aromatic N) is 2. The van der Waals surface area contributed by atoms with Crippen molar-refractivity contribution in [3.8, 4) is 0 Å². The van der Waals surface area contributed by atoms with Gasteiger partial charge < -0.3 is 0 Å². The summed E-state index contributed by atoms with van der Waals surface area (Å²) in [6.07, 6.45) is 4.27. The molecule has 0 atom stereocenters. The highest BCUT2D eigenvalue weighted by molar-refractivity contribution is 7.89. The Hall–Kier alpha value is -1.91. The molecule has 1 fully saturated rings. The number of hydrogen-bond donors (Lipinski definition) is 2. The SMILES string of the molecule is CCCCc1nnc(NC(=O)c2ccc(F)c(S(=O)(=O)NC3CC3)c2)s1. The van der Waals surface area contributed by atoms with Crippen LogP contribution < -0.4 is 10.0 Å². The summed E-state index contributed by atoms with van der Waals surface area (Å²) < 4.78 is 40.9. The van der Waals surface area contributed by atoms with Crippen molar-refractivity contribution in [3.63, 3.8) is 0 Å². The van der Waals surface area contributed by atoms with Gasteiger partial charge in [-0.3, -0.25) is 10.1 Å². The van der Waals surface area contributed by atoms with Crippen LogP contribution in [0.25, 0.3) is 0 Å². The van der Waals surface area contributed by atoms with Gasteiger partial charge in [-0.05, 0) is 37.5 Å². The molecule has 1 aliphatic carbocycles. The first-order chi connectivity index (χ1) is 12.4. The van der Waals surface area contributed by atoms with Crippen molar-refractivity contribution >= 4 is 32.4 Å². The summed E-state index contributed by atoms with van der Waals surface area (Å²) in [7, 11) is -3.99. The van der Waals surface area contributed by atoms with E-state index in [1.165, 1.54) is 17.4 Å². The van der Waals surface area contributed by atoms with Crippen LogP contribution in [0.2, 0.25) is 0 Å². The molecule has 0 unspecified atom stereocenters. The second kappa shape index (κ2) is 7.77. The van der Waals surface area contributed by atoms with Crippen molar-refractivity contribution in [2.24, 2.45) is 0 Å². The quantitative estimate of drug-likeness (QED) is 0.712. The van der Waals surface area contributed by atoms with Crippen LogP contribution in [0.1, 0.15) is 48.0 Å². The number of benzene rings is 1. The lowest BCUT2D eigenvalue weighted by Gasteiger charge is -2.08. The summed E-state index contributed by atoms with van der Waals surface area (Å²) in [5.74, 6) is -1.46. The second-order valence-corrected chi connectivity index (χ2v) is 8.84. The van der Waals surface area contributed by atoms with E-state index in [-0.39, 0.29) is 11.6 Å². The average Bonchev–Trinajstić information content (AvgIpc) is 3.28. The normalized spacial score (nSPS) is 14.4. The maximum absolute atomic E-state index is 14.0. The van der Waals surface area contributed by atoms with Crippen LogP contribution >= 0.6 is 11.3 Å². The van der Waals surface area contributed by atoms with Crippen LogP contribution in [0.5, 0.6) is 0 Å². The predicted octanol–water partition coefficient (Wildman–Crippen LogP) is 2.71. The van der Waals surface area contributed by atoms with Crippen molar-refractivity contribution in [3.05, 3.63) is 34.6 Å². The molecule has 3 rings (SSSR count). The fourth-order valence-corrected chi connectivity index (χ4v) is 4.42. The highest BCUT2D eigenvalue weighted by Crippen LogP contribution is 2.24. The van der Waals surface area contributed by atoms with Gasteiger partial charge in [0.05, 0.1) is 0 Å². The van der Waals surface area contributed by atoms with Gasteiger partial charge in [-0.1, -0.05) is 24.7 Å². The van der Waals surface area contributed by atoms with Gasteiger partial charge >= 0.3 is 0 Å². The molecular formula is C16H19FN4O3S2. The molecule has 2 aromatic rings. The molecule has 1 heterocycles. The molecular weight excluding hydrogens is 379 g/mol. The van der Waals surface area contributed by atoms with Crippen LogP contribution in [-0.2, 0) is 16.4 Å². The topological polar surface area (TPSA) is 101 Å². The summed E-state index contributed by atoms with van der Waals surface area (Å²) in [5, 5.41) is 11.6. The predicted molar refractivity (Wildman–Crippen MR) is 96.2 cm³/mol. The van der Waals surface area contributed by atoms with Gasteiger partial charge in [0.1, 0.15) is 15.7 Å². The van der Waals surface area contributed by atoms with Gasteiger partial charge in [0.25, 0.3) is 5.91 Å². The van der Waals surface area contributed by atoms with E-state index in [1.807, 2.05) is 0 Å². The molecule has 0 saturated heterocycles. The number of amides is 1. The van der Waals surface area contributed by atoms with E-state index in [9.17, 15) is 17.6 Å². The lowest BCUT2D eigenvalue weighted by Crippen LogP contribution is -2.27. The monoisotopic (exact) mass is 398 g/mol. The number of aromatic nitrogens is 2. The number of rotatable bonds is 8. The number of unbranched alkanes of at least 4 members (excludes halogenated alkanes) is 1. The van der Waals surface area contributed by atoms with Gasteiger partial charge in [0, 0.05) is 18.0 Å². The molecule has 1 saturated carbocycles. The first-order valence-electron chi connectivity index (χ1n) is 8.34. The summed E-state index contributed by atoms with van der Waals surface area (Å²) >= 11 is 1.27. The largest absolute Gasteiger partial charge is 0.296 e. The molecule has 26 heavy (non-hydrogen) atoms. The number of sulfonamides is 1. The van der Waals surface area contributed by atoms with E-state index in [1.54, 1.807) is 0 Å². The number of aryl methyl sites for hydroxylation is 1. The molecule has 0 aliphatic heterocycles. The Labute approximate surface area is 155 Å². The molecule has 0 spiro atoms. The van der Waals surface area contributed by atoms with Crippen LogP contribution in [0, 0.1) is 5.82 Å². The third-order valence-corrected chi connectivity index (χ3v) is 6.25. The lowest BCUT2D eigenvalue weighted by atomic mass is 10.2. The van der Waals surface area contributed by atoms with Gasteiger partial charge in [-0.15, -0.1) is 10.2 Å². The second-order valence-electron chi connectivity index (χ2n) is 6.10. The average molecular weight is 398 g/mol. The Kier molecular flexibility index (Phi) is 5.64. The molecule has 0 radical (unpaired) electrons. The van der Waals surface area contributed by atoms with E-state index in [0.717, 1.165) is 49.2 Å². The van der Waals surface area contributed by atoms with E-state index in [2.05, 4.69) is 27.2 Å². The molecule has 0 bridgehead atoms. The maximum Gasteiger partial charge on any atom is 0.257 e. The Bertz CT molecular complexity index is 910. The van der Waals surface area contributed by atoms with Crippen molar-refractivity contribution < 1.29 is 17.6 Å². The molecule has 1 aromatic carbocycles. The first-order valence-corrected chi connectivity index (χ1v) is 10.6. The molecule has 1 amide bonds. The van der Waals surface area contributed by atoms with Crippen molar-refractivity contribution in [2.45, 2.75) is 50.0 Å². The Morgan fingerprint density at radius 2 is 2.12 bits per heavy atom. The van der Waals surface area contributed by atoms with Gasteiger partial charge in [0.2, 0.25) is 15.2 Å². The highest BCUT2D eigenvalue weighted by Gasteiger charge is 2.30. The molecule has 1 aliphatic rings. The standard InChI is InChI=1S/C16H19FN4O3S2/c1-2-3-4-14-19-20-16(25-14)18-15(22)10-5-8-12(17)13(9-10)26(23,24)21-11-6-7-11/h5,8-9,11,21H,2-4,6-7H2,1H3,(H,18,20,22). The molecule has 7 nitrogen and oxygen atoms in total. The van der Waals surface area contributed by atoms with E-state index in [4.69, 9.17) is 0 Å². The number of halogens is 1. The third-order valence-electron chi connectivity index (χ3n) is 3.81. The maximum atomic E-state index is 14.0. The van der Waals surface area contributed by atoms with E-state index < -0.39 is 26.6 Å². The van der Waals surface area contributed by atoms with Gasteiger partial charge in [-0.2, -0.15) is 0 Å². The minimum atomic E-state index is -3.99. The smallest absolute Gasteiger partial charge is 0.257 e. The Balaban J connectivity index is 1.75.